The van der Waals surface area contributed by atoms with Crippen molar-refractivity contribution in [1.29, 1.82) is 0 Å². The third kappa shape index (κ3) is 5.79. The number of nitro benzene ring substituents is 1. The largest absolute Gasteiger partial charge is 0.490 e. The highest BCUT2D eigenvalue weighted by molar-refractivity contribution is 6.32. The molecule has 4 rings (SSSR count). The lowest BCUT2D eigenvalue weighted by atomic mass is 10.1. The van der Waals surface area contributed by atoms with Gasteiger partial charge < -0.3 is 14.2 Å². The summed E-state index contributed by atoms with van der Waals surface area (Å²) in [5.41, 5.74) is 1.82. The molecule has 0 unspecified atom stereocenters. The van der Waals surface area contributed by atoms with E-state index in [1.165, 1.54) is 30.3 Å². The number of hydrogen-bond acceptors (Lipinski definition) is 7. The molecule has 0 radical (unpaired) electrons. The van der Waals surface area contributed by atoms with Crippen molar-refractivity contribution in [2.24, 2.45) is 4.99 Å². The number of carbonyl (C=O) groups excluding carboxylic acids is 1. The molecule has 1 aliphatic rings. The van der Waals surface area contributed by atoms with Crippen LogP contribution >= 0.6 is 23.2 Å². The summed E-state index contributed by atoms with van der Waals surface area (Å²) in [6.45, 7) is 2.43. The summed E-state index contributed by atoms with van der Waals surface area (Å²) < 4.78 is 16.9. The van der Waals surface area contributed by atoms with Crippen molar-refractivity contribution in [3.8, 4) is 11.5 Å². The molecule has 0 aromatic heterocycles. The van der Waals surface area contributed by atoms with Crippen LogP contribution in [0.1, 0.15) is 23.6 Å². The number of rotatable bonds is 8. The summed E-state index contributed by atoms with van der Waals surface area (Å²) >= 11 is 12.5. The predicted octanol–water partition coefficient (Wildman–Crippen LogP) is 6.22. The number of hydrogen-bond donors (Lipinski definition) is 0. The second-order valence-electron chi connectivity index (χ2n) is 7.32. The zero-order valence-corrected chi connectivity index (χ0v) is 19.9. The van der Waals surface area contributed by atoms with E-state index in [1.807, 2.05) is 19.1 Å². The number of ether oxygens (including phenoxy) is 3. The fourth-order valence-electron chi connectivity index (χ4n) is 3.27. The maximum Gasteiger partial charge on any atom is 0.363 e. The fraction of sp³-hybridized carbons (Fsp3) is 0.120. The van der Waals surface area contributed by atoms with E-state index < -0.39 is 10.9 Å². The van der Waals surface area contributed by atoms with Crippen molar-refractivity contribution >= 4 is 46.8 Å². The average molecular weight is 513 g/mol. The van der Waals surface area contributed by atoms with E-state index in [0.717, 1.165) is 5.56 Å². The fourth-order valence-corrected chi connectivity index (χ4v) is 3.76. The highest BCUT2D eigenvalue weighted by atomic mass is 35.5. The molecule has 0 saturated heterocycles. The van der Waals surface area contributed by atoms with Gasteiger partial charge in [0.15, 0.2) is 17.2 Å². The number of esters is 1. The molecular weight excluding hydrogens is 495 g/mol. The van der Waals surface area contributed by atoms with Crippen LogP contribution in [0.2, 0.25) is 10.0 Å². The number of nitrogens with zero attached hydrogens (tertiary/aromatic N) is 2. The van der Waals surface area contributed by atoms with Crippen LogP contribution in [0, 0.1) is 10.1 Å². The SMILES string of the molecule is CCOc1cc(/C=C2\N=C(c3ccc([N+](=O)[O-])cc3)OC2=O)cc(Cl)c1OCc1cccc(Cl)c1. The van der Waals surface area contributed by atoms with Gasteiger partial charge in [-0.2, -0.15) is 0 Å². The van der Waals surface area contributed by atoms with Crippen LogP contribution in [0.25, 0.3) is 6.08 Å². The Morgan fingerprint density at radius 1 is 1.09 bits per heavy atom. The molecular formula is C25H18Cl2N2O6. The molecule has 0 N–H and O–H groups in total. The van der Waals surface area contributed by atoms with Gasteiger partial charge >= 0.3 is 5.97 Å². The third-order valence-corrected chi connectivity index (χ3v) is 5.37. The molecule has 0 bridgehead atoms. The first-order valence-electron chi connectivity index (χ1n) is 10.4. The number of carbonyl (C=O) groups is 1. The lowest BCUT2D eigenvalue weighted by Crippen LogP contribution is -2.05. The molecule has 8 nitrogen and oxygen atoms in total. The minimum atomic E-state index is -0.659. The second-order valence-corrected chi connectivity index (χ2v) is 8.17. The van der Waals surface area contributed by atoms with Gasteiger partial charge in [0.05, 0.1) is 16.6 Å². The monoisotopic (exact) mass is 512 g/mol. The van der Waals surface area contributed by atoms with Crippen LogP contribution in [-0.4, -0.2) is 23.4 Å². The Bertz CT molecular complexity index is 1350. The molecule has 178 valence electrons. The summed E-state index contributed by atoms with van der Waals surface area (Å²) in [6.07, 6.45) is 1.51. The van der Waals surface area contributed by atoms with Crippen molar-refractivity contribution in [3.05, 3.63) is 103 Å². The van der Waals surface area contributed by atoms with Crippen LogP contribution in [0.5, 0.6) is 11.5 Å². The normalized spacial score (nSPS) is 14.0. The molecule has 3 aromatic rings. The van der Waals surface area contributed by atoms with Crippen LogP contribution in [-0.2, 0) is 16.1 Å². The van der Waals surface area contributed by atoms with E-state index in [9.17, 15) is 14.9 Å². The van der Waals surface area contributed by atoms with E-state index in [-0.39, 0.29) is 28.9 Å². The van der Waals surface area contributed by atoms with E-state index >= 15 is 0 Å². The molecule has 0 spiro atoms. The highest BCUT2D eigenvalue weighted by Crippen LogP contribution is 2.38. The Morgan fingerprint density at radius 2 is 1.86 bits per heavy atom. The summed E-state index contributed by atoms with van der Waals surface area (Å²) in [4.78, 5) is 26.9. The van der Waals surface area contributed by atoms with Crippen molar-refractivity contribution < 1.29 is 23.9 Å². The number of aliphatic imine (C=N–C) groups is 1. The third-order valence-electron chi connectivity index (χ3n) is 4.85. The first-order valence-corrected chi connectivity index (χ1v) is 11.2. The summed E-state index contributed by atoms with van der Waals surface area (Å²) in [7, 11) is 0. The molecule has 0 fully saturated rings. The van der Waals surface area contributed by atoms with Crippen molar-refractivity contribution in [2.75, 3.05) is 6.61 Å². The number of nitro groups is 1. The lowest BCUT2D eigenvalue weighted by molar-refractivity contribution is -0.384. The first kappa shape index (κ1) is 24.3. The van der Waals surface area contributed by atoms with Gasteiger partial charge in [0, 0.05) is 22.7 Å². The maximum absolute atomic E-state index is 12.4. The maximum atomic E-state index is 12.4. The molecule has 1 heterocycles. The second kappa shape index (κ2) is 10.6. The summed E-state index contributed by atoms with van der Waals surface area (Å²) in [5, 5.41) is 11.7. The number of cyclic esters (lactones) is 1. The molecule has 3 aromatic carbocycles. The van der Waals surface area contributed by atoms with Gasteiger partial charge in [0.2, 0.25) is 5.90 Å². The molecule has 1 aliphatic heterocycles. The molecule has 0 aliphatic carbocycles. The Labute approximate surface area is 210 Å². The first-order chi connectivity index (χ1) is 16.8. The molecule has 0 saturated carbocycles. The number of halogens is 2. The van der Waals surface area contributed by atoms with E-state index in [1.54, 1.807) is 24.3 Å². The average Bonchev–Trinajstić information content (AvgIpc) is 3.19. The quantitative estimate of drug-likeness (QED) is 0.153. The molecule has 35 heavy (non-hydrogen) atoms. The van der Waals surface area contributed by atoms with E-state index in [2.05, 4.69) is 4.99 Å². The summed E-state index contributed by atoms with van der Waals surface area (Å²) in [6, 6.07) is 16.1. The van der Waals surface area contributed by atoms with E-state index in [0.29, 0.717) is 34.3 Å². The predicted molar refractivity (Wildman–Crippen MR) is 132 cm³/mol. The van der Waals surface area contributed by atoms with Gasteiger partial charge in [-0.1, -0.05) is 35.3 Å². The Balaban J connectivity index is 1.59. The topological polar surface area (TPSA) is 100 Å². The van der Waals surface area contributed by atoms with Gasteiger partial charge in [0.25, 0.3) is 5.69 Å². The summed E-state index contributed by atoms with van der Waals surface area (Å²) in [5.74, 6) is 0.155. The van der Waals surface area contributed by atoms with Crippen LogP contribution in [0.4, 0.5) is 5.69 Å². The minimum Gasteiger partial charge on any atom is -0.490 e. The Hall–Kier alpha value is -3.88. The van der Waals surface area contributed by atoms with Gasteiger partial charge in [-0.05, 0) is 60.5 Å². The van der Waals surface area contributed by atoms with E-state index in [4.69, 9.17) is 37.4 Å². The van der Waals surface area contributed by atoms with Crippen molar-refractivity contribution in [2.45, 2.75) is 13.5 Å². The standard InChI is InChI=1S/C25H18Cl2N2O6/c1-2-33-22-13-16(11-20(27)23(22)34-14-15-4-3-5-18(26)10-15)12-21-25(30)35-24(28-21)17-6-8-19(9-7-17)29(31)32/h3-13H,2,14H2,1H3/b21-12-. The van der Waals surface area contributed by atoms with Crippen LogP contribution < -0.4 is 9.47 Å². The van der Waals surface area contributed by atoms with Crippen molar-refractivity contribution in [1.82, 2.24) is 0 Å². The van der Waals surface area contributed by atoms with Gasteiger partial charge in [-0.25, -0.2) is 9.79 Å². The highest BCUT2D eigenvalue weighted by Gasteiger charge is 2.25. The van der Waals surface area contributed by atoms with Crippen molar-refractivity contribution in [3.63, 3.8) is 0 Å². The van der Waals surface area contributed by atoms with Gasteiger partial charge in [0.1, 0.15) is 6.61 Å². The molecule has 0 amide bonds. The molecule has 10 heteroatoms. The van der Waals surface area contributed by atoms with Gasteiger partial charge in [-0.15, -0.1) is 0 Å². The van der Waals surface area contributed by atoms with Crippen LogP contribution in [0.15, 0.2) is 71.4 Å². The minimum absolute atomic E-state index is 0.0458. The zero-order valence-electron chi connectivity index (χ0n) is 18.4. The smallest absolute Gasteiger partial charge is 0.363 e. The van der Waals surface area contributed by atoms with Gasteiger partial charge in [-0.3, -0.25) is 10.1 Å². The number of non-ortho nitro benzene ring substituents is 1. The zero-order chi connectivity index (χ0) is 24.9. The molecule has 0 atom stereocenters. The lowest BCUT2D eigenvalue weighted by Gasteiger charge is -2.14. The van der Waals surface area contributed by atoms with Crippen LogP contribution in [0.3, 0.4) is 0 Å². The Morgan fingerprint density at radius 3 is 2.54 bits per heavy atom. The number of benzene rings is 3. The Kier molecular flexibility index (Phi) is 7.33.